The molecule has 1 aliphatic heterocycles. The lowest BCUT2D eigenvalue weighted by molar-refractivity contribution is 0.242. The van der Waals surface area contributed by atoms with Crippen molar-refractivity contribution in [2.75, 3.05) is 33.3 Å². The number of likely N-dealkylation sites (tertiary alicyclic amines) is 1. The van der Waals surface area contributed by atoms with Crippen LogP contribution in [0, 0.1) is 0 Å². The summed E-state index contributed by atoms with van der Waals surface area (Å²) < 4.78 is 5.18. The van der Waals surface area contributed by atoms with E-state index in [9.17, 15) is 5.11 Å². The van der Waals surface area contributed by atoms with Crippen LogP contribution in [0.1, 0.15) is 44.6 Å². The van der Waals surface area contributed by atoms with Crippen molar-refractivity contribution in [1.29, 1.82) is 0 Å². The highest BCUT2D eigenvalue weighted by Crippen LogP contribution is 2.27. The molecular weight excluding hydrogens is 340 g/mol. The summed E-state index contributed by atoms with van der Waals surface area (Å²) in [6.07, 6.45) is 7.53. The molecule has 1 aromatic rings. The molecule has 1 aliphatic carbocycles. The molecule has 0 amide bonds. The van der Waals surface area contributed by atoms with Crippen LogP contribution in [0.4, 0.5) is 0 Å². The van der Waals surface area contributed by atoms with Gasteiger partial charge in [0.1, 0.15) is 0 Å². The van der Waals surface area contributed by atoms with Crippen molar-refractivity contribution < 1.29 is 9.84 Å². The minimum Gasteiger partial charge on any atom is -0.504 e. The molecule has 3 rings (SSSR count). The number of phenols is 1. The van der Waals surface area contributed by atoms with Gasteiger partial charge in [-0.2, -0.15) is 0 Å². The number of aliphatic imine (C=N–C) groups is 1. The molecule has 2 aliphatic rings. The largest absolute Gasteiger partial charge is 0.504 e. The number of guanidine groups is 1. The molecule has 1 saturated carbocycles. The Kier molecular flexibility index (Phi) is 7.21. The third-order valence-corrected chi connectivity index (χ3v) is 5.66. The van der Waals surface area contributed by atoms with Gasteiger partial charge in [-0.25, -0.2) is 0 Å². The highest BCUT2D eigenvalue weighted by Gasteiger charge is 2.30. The first-order valence-electron chi connectivity index (χ1n) is 10.3. The fraction of sp³-hybridized carbons (Fsp3) is 0.667. The van der Waals surface area contributed by atoms with E-state index in [1.165, 1.54) is 38.6 Å². The topological polar surface area (TPSA) is 69.1 Å². The van der Waals surface area contributed by atoms with Gasteiger partial charge in [0.25, 0.3) is 0 Å². The van der Waals surface area contributed by atoms with Crippen LogP contribution in [-0.2, 0) is 6.42 Å². The van der Waals surface area contributed by atoms with E-state index in [1.54, 1.807) is 13.2 Å². The molecule has 0 bridgehead atoms. The molecule has 6 nitrogen and oxygen atoms in total. The predicted octanol–water partition coefficient (Wildman–Crippen LogP) is 2.52. The van der Waals surface area contributed by atoms with Crippen molar-refractivity contribution in [2.24, 2.45) is 4.99 Å². The molecule has 1 heterocycles. The van der Waals surface area contributed by atoms with E-state index in [0.717, 1.165) is 37.1 Å². The number of benzene rings is 1. The van der Waals surface area contributed by atoms with Gasteiger partial charge in [-0.05, 0) is 50.3 Å². The number of aromatic hydroxyl groups is 1. The second-order valence-electron chi connectivity index (χ2n) is 7.58. The highest BCUT2D eigenvalue weighted by molar-refractivity contribution is 5.80. The van der Waals surface area contributed by atoms with E-state index in [4.69, 9.17) is 9.73 Å². The quantitative estimate of drug-likeness (QED) is 0.505. The lowest BCUT2D eigenvalue weighted by atomic mass is 10.1. The van der Waals surface area contributed by atoms with Crippen LogP contribution in [0.25, 0.3) is 0 Å². The summed E-state index contributed by atoms with van der Waals surface area (Å²) in [6, 6.07) is 6.77. The van der Waals surface area contributed by atoms with Gasteiger partial charge in [-0.3, -0.25) is 9.89 Å². The first kappa shape index (κ1) is 19.8. The van der Waals surface area contributed by atoms with Gasteiger partial charge in [0.05, 0.1) is 7.11 Å². The minimum atomic E-state index is 0.174. The lowest BCUT2D eigenvalue weighted by Crippen LogP contribution is -2.45. The summed E-state index contributed by atoms with van der Waals surface area (Å²) in [6.45, 7) is 5.99. The van der Waals surface area contributed by atoms with Gasteiger partial charge in [0.2, 0.25) is 0 Å². The summed E-state index contributed by atoms with van der Waals surface area (Å²) in [5.74, 6) is 1.59. The highest BCUT2D eigenvalue weighted by atomic mass is 16.5. The normalized spacial score (nSPS) is 21.6. The SMILES string of the molecule is CCNC(=NCCc1ccc(O)c(OC)c1)NC1CCN(C2CCCC2)C1. The third-order valence-electron chi connectivity index (χ3n) is 5.66. The van der Waals surface area contributed by atoms with Crippen LogP contribution in [-0.4, -0.2) is 61.3 Å². The standard InChI is InChI=1S/C21H34N4O2/c1-3-22-21(23-12-10-16-8-9-19(26)20(14-16)27-2)24-17-11-13-25(15-17)18-6-4-5-7-18/h8-9,14,17-18,26H,3-7,10-13,15H2,1-2H3,(H2,22,23,24). The van der Waals surface area contributed by atoms with E-state index >= 15 is 0 Å². The maximum atomic E-state index is 9.70. The second-order valence-corrected chi connectivity index (χ2v) is 7.58. The third kappa shape index (κ3) is 5.51. The number of ether oxygens (including phenoxy) is 1. The monoisotopic (exact) mass is 374 g/mol. The molecule has 6 heteroatoms. The number of hydrogen-bond acceptors (Lipinski definition) is 4. The van der Waals surface area contributed by atoms with E-state index in [0.29, 0.717) is 18.3 Å². The molecule has 27 heavy (non-hydrogen) atoms. The summed E-state index contributed by atoms with van der Waals surface area (Å²) in [5.41, 5.74) is 1.11. The fourth-order valence-electron chi connectivity index (χ4n) is 4.19. The molecule has 1 aromatic carbocycles. The van der Waals surface area contributed by atoms with Crippen molar-refractivity contribution in [3.8, 4) is 11.5 Å². The van der Waals surface area contributed by atoms with Crippen LogP contribution in [0.5, 0.6) is 11.5 Å². The predicted molar refractivity (Wildman–Crippen MR) is 110 cm³/mol. The Hall–Kier alpha value is -1.95. The van der Waals surface area contributed by atoms with E-state index < -0.39 is 0 Å². The molecule has 150 valence electrons. The van der Waals surface area contributed by atoms with Crippen molar-refractivity contribution in [1.82, 2.24) is 15.5 Å². The number of phenolic OH excluding ortho intramolecular Hbond substituents is 1. The van der Waals surface area contributed by atoms with Crippen LogP contribution in [0.3, 0.4) is 0 Å². The molecule has 0 aromatic heterocycles. The molecule has 0 spiro atoms. The maximum absolute atomic E-state index is 9.70. The Morgan fingerprint density at radius 3 is 2.85 bits per heavy atom. The van der Waals surface area contributed by atoms with Gasteiger partial charge >= 0.3 is 0 Å². The minimum absolute atomic E-state index is 0.174. The number of methoxy groups -OCH3 is 1. The molecule has 3 N–H and O–H groups in total. The lowest BCUT2D eigenvalue weighted by Gasteiger charge is -2.24. The van der Waals surface area contributed by atoms with Crippen molar-refractivity contribution in [3.63, 3.8) is 0 Å². The van der Waals surface area contributed by atoms with Gasteiger partial charge in [0, 0.05) is 38.3 Å². The Morgan fingerprint density at radius 1 is 1.30 bits per heavy atom. The van der Waals surface area contributed by atoms with Crippen molar-refractivity contribution in [2.45, 2.75) is 57.5 Å². The Balaban J connectivity index is 1.50. The maximum Gasteiger partial charge on any atom is 0.191 e. The molecule has 2 fully saturated rings. The number of nitrogens with zero attached hydrogens (tertiary/aromatic N) is 2. The van der Waals surface area contributed by atoms with Gasteiger partial charge < -0.3 is 20.5 Å². The van der Waals surface area contributed by atoms with Gasteiger partial charge in [-0.15, -0.1) is 0 Å². The molecular formula is C21H34N4O2. The molecule has 1 saturated heterocycles. The van der Waals surface area contributed by atoms with Crippen LogP contribution < -0.4 is 15.4 Å². The van der Waals surface area contributed by atoms with E-state index in [1.807, 2.05) is 12.1 Å². The van der Waals surface area contributed by atoms with Gasteiger partial charge in [-0.1, -0.05) is 18.9 Å². The fourth-order valence-corrected chi connectivity index (χ4v) is 4.19. The smallest absolute Gasteiger partial charge is 0.191 e. The van der Waals surface area contributed by atoms with E-state index in [2.05, 4.69) is 22.5 Å². The second kappa shape index (κ2) is 9.83. The van der Waals surface area contributed by atoms with Crippen LogP contribution >= 0.6 is 0 Å². The number of hydrogen-bond donors (Lipinski definition) is 3. The molecule has 0 radical (unpaired) electrons. The van der Waals surface area contributed by atoms with Gasteiger partial charge in [0.15, 0.2) is 17.5 Å². The summed E-state index contributed by atoms with van der Waals surface area (Å²) in [4.78, 5) is 7.41. The zero-order valence-corrected chi connectivity index (χ0v) is 16.7. The van der Waals surface area contributed by atoms with Crippen LogP contribution in [0.15, 0.2) is 23.2 Å². The summed E-state index contributed by atoms with van der Waals surface area (Å²) in [7, 11) is 1.57. The average Bonchev–Trinajstić information content (AvgIpc) is 3.35. The Bertz CT molecular complexity index is 629. The Labute approximate surface area is 163 Å². The van der Waals surface area contributed by atoms with Crippen molar-refractivity contribution >= 4 is 5.96 Å². The molecule has 1 atom stereocenters. The van der Waals surface area contributed by atoms with Crippen LogP contribution in [0.2, 0.25) is 0 Å². The Morgan fingerprint density at radius 2 is 2.11 bits per heavy atom. The first-order valence-corrected chi connectivity index (χ1v) is 10.3. The zero-order chi connectivity index (χ0) is 19.1. The zero-order valence-electron chi connectivity index (χ0n) is 16.7. The summed E-state index contributed by atoms with van der Waals surface area (Å²) in [5, 5.41) is 16.7. The first-order chi connectivity index (χ1) is 13.2. The molecule has 1 unspecified atom stereocenters. The average molecular weight is 375 g/mol. The van der Waals surface area contributed by atoms with E-state index in [-0.39, 0.29) is 5.75 Å². The number of nitrogens with one attached hydrogen (secondary N) is 2. The number of rotatable bonds is 7. The van der Waals surface area contributed by atoms with Crippen molar-refractivity contribution in [3.05, 3.63) is 23.8 Å². The summed E-state index contributed by atoms with van der Waals surface area (Å²) >= 11 is 0.